The van der Waals surface area contributed by atoms with Crippen LogP contribution in [0.2, 0.25) is 0 Å². The molecule has 4 rings (SSSR count). The Kier molecular flexibility index (Phi) is 5.46. The number of aryl methyl sites for hydroxylation is 1. The van der Waals surface area contributed by atoms with Crippen molar-refractivity contribution in [3.05, 3.63) is 51.5 Å². The van der Waals surface area contributed by atoms with Crippen LogP contribution in [0.3, 0.4) is 0 Å². The van der Waals surface area contributed by atoms with Gasteiger partial charge in [0, 0.05) is 30.9 Å². The number of nitrogens with two attached hydrogens (primary N) is 1. The summed E-state index contributed by atoms with van der Waals surface area (Å²) in [6.45, 7) is 3.73. The molecule has 1 amide bonds. The van der Waals surface area contributed by atoms with Crippen molar-refractivity contribution in [3.63, 3.8) is 0 Å². The van der Waals surface area contributed by atoms with Crippen LogP contribution in [0.15, 0.2) is 29.6 Å². The van der Waals surface area contributed by atoms with Gasteiger partial charge in [-0.2, -0.15) is 0 Å². The normalized spacial score (nSPS) is 24.9. The quantitative estimate of drug-likeness (QED) is 0.892. The molecule has 1 aromatic heterocycles. The van der Waals surface area contributed by atoms with Gasteiger partial charge >= 0.3 is 0 Å². The van der Waals surface area contributed by atoms with Gasteiger partial charge in [-0.15, -0.1) is 23.7 Å². The molecule has 1 aromatic carbocycles. The van der Waals surface area contributed by atoms with E-state index in [0.717, 1.165) is 37.4 Å². The Morgan fingerprint density at radius 1 is 1.28 bits per heavy atom. The molecule has 3 unspecified atom stereocenters. The number of benzene rings is 1. The number of likely N-dealkylation sites (tertiary alicyclic amines) is 1. The molecule has 4 nitrogen and oxygen atoms in total. The summed E-state index contributed by atoms with van der Waals surface area (Å²) in [7, 11) is 0. The number of halogens is 1. The first-order valence-electron chi connectivity index (χ1n) is 8.65. The molecule has 2 N–H and O–H groups in total. The van der Waals surface area contributed by atoms with Gasteiger partial charge in [0.25, 0.3) is 5.91 Å². The molecule has 1 aliphatic carbocycles. The largest absolute Gasteiger partial charge is 0.337 e. The summed E-state index contributed by atoms with van der Waals surface area (Å²) >= 11 is 1.57. The Labute approximate surface area is 158 Å². The average Bonchev–Trinajstić information content (AvgIpc) is 3.27. The molecule has 1 saturated heterocycles. The molecule has 2 aromatic rings. The van der Waals surface area contributed by atoms with E-state index in [4.69, 9.17) is 5.73 Å². The first-order chi connectivity index (χ1) is 11.6. The lowest BCUT2D eigenvalue weighted by molar-refractivity contribution is 0.0774. The summed E-state index contributed by atoms with van der Waals surface area (Å²) in [5.41, 5.74) is 9.25. The number of hydrogen-bond donors (Lipinski definition) is 1. The minimum absolute atomic E-state index is 0. The number of carbonyl (C=O) groups is 1. The maximum absolute atomic E-state index is 12.7. The van der Waals surface area contributed by atoms with Crippen LogP contribution in [-0.2, 0) is 6.42 Å². The molecule has 2 fully saturated rings. The van der Waals surface area contributed by atoms with Crippen molar-refractivity contribution >= 4 is 29.7 Å². The Morgan fingerprint density at radius 2 is 2.04 bits per heavy atom. The van der Waals surface area contributed by atoms with Crippen LogP contribution in [0, 0.1) is 18.8 Å². The fraction of sp³-hybridized carbons (Fsp3) is 0.474. The molecule has 2 heterocycles. The Bertz CT molecular complexity index is 745. The molecule has 6 heteroatoms. The van der Waals surface area contributed by atoms with E-state index in [1.54, 1.807) is 11.3 Å². The fourth-order valence-electron chi connectivity index (χ4n) is 4.01. The standard InChI is InChI=1S/C19H23N3OS.ClH/c1-12-2-4-13(5-3-12)8-18-21-17(11-24-18)19(23)22-9-14-6-7-16(20)15(14)10-22;/h2-5,11,14-16H,6-10,20H2,1H3;1H. The lowest BCUT2D eigenvalue weighted by atomic mass is 9.98. The molecule has 0 radical (unpaired) electrons. The second-order valence-electron chi connectivity index (χ2n) is 7.16. The maximum Gasteiger partial charge on any atom is 0.273 e. The van der Waals surface area contributed by atoms with Gasteiger partial charge in [-0.1, -0.05) is 29.8 Å². The van der Waals surface area contributed by atoms with Crippen LogP contribution < -0.4 is 5.73 Å². The predicted molar refractivity (Wildman–Crippen MR) is 103 cm³/mol. The number of rotatable bonds is 3. The van der Waals surface area contributed by atoms with Crippen LogP contribution in [0.4, 0.5) is 0 Å². The molecule has 1 saturated carbocycles. The van der Waals surface area contributed by atoms with Gasteiger partial charge in [0.2, 0.25) is 0 Å². The van der Waals surface area contributed by atoms with Crippen molar-refractivity contribution in [2.75, 3.05) is 13.1 Å². The second-order valence-corrected chi connectivity index (χ2v) is 8.11. The van der Waals surface area contributed by atoms with E-state index in [1.807, 2.05) is 10.3 Å². The monoisotopic (exact) mass is 377 g/mol. The Balaban J connectivity index is 0.00000182. The highest BCUT2D eigenvalue weighted by atomic mass is 35.5. The van der Waals surface area contributed by atoms with Crippen molar-refractivity contribution in [1.29, 1.82) is 0 Å². The zero-order valence-corrected chi connectivity index (χ0v) is 16.0. The average molecular weight is 378 g/mol. The molecule has 3 atom stereocenters. The van der Waals surface area contributed by atoms with Crippen molar-refractivity contribution < 1.29 is 4.79 Å². The molecular formula is C19H24ClN3OS. The summed E-state index contributed by atoms with van der Waals surface area (Å²) in [4.78, 5) is 19.3. The van der Waals surface area contributed by atoms with Crippen LogP contribution in [0.25, 0.3) is 0 Å². The highest BCUT2D eigenvalue weighted by molar-refractivity contribution is 7.09. The van der Waals surface area contributed by atoms with E-state index in [0.29, 0.717) is 17.5 Å². The Morgan fingerprint density at radius 3 is 2.76 bits per heavy atom. The highest BCUT2D eigenvalue weighted by Gasteiger charge is 2.42. The molecule has 2 aliphatic rings. The number of aromatic nitrogens is 1. The number of thiazole rings is 1. The number of fused-ring (bicyclic) bond motifs is 1. The fourth-order valence-corrected chi connectivity index (χ4v) is 4.81. The topological polar surface area (TPSA) is 59.2 Å². The van der Waals surface area contributed by atoms with Crippen LogP contribution in [0.1, 0.15) is 39.5 Å². The maximum atomic E-state index is 12.7. The zero-order valence-electron chi connectivity index (χ0n) is 14.4. The summed E-state index contributed by atoms with van der Waals surface area (Å²) in [6, 6.07) is 8.74. The minimum atomic E-state index is 0. The van der Waals surface area contributed by atoms with Gasteiger partial charge in [-0.25, -0.2) is 4.98 Å². The third-order valence-electron chi connectivity index (χ3n) is 5.45. The van der Waals surface area contributed by atoms with E-state index >= 15 is 0 Å². The van der Waals surface area contributed by atoms with Gasteiger partial charge in [-0.05, 0) is 37.2 Å². The minimum Gasteiger partial charge on any atom is -0.337 e. The van der Waals surface area contributed by atoms with Gasteiger partial charge in [0.05, 0.1) is 5.01 Å². The summed E-state index contributed by atoms with van der Waals surface area (Å²) in [5, 5.41) is 2.90. The molecule has 134 valence electrons. The molecule has 0 bridgehead atoms. The van der Waals surface area contributed by atoms with E-state index < -0.39 is 0 Å². The van der Waals surface area contributed by atoms with Gasteiger partial charge < -0.3 is 10.6 Å². The summed E-state index contributed by atoms with van der Waals surface area (Å²) in [6.07, 6.45) is 3.05. The van der Waals surface area contributed by atoms with Crippen LogP contribution in [-0.4, -0.2) is 34.9 Å². The van der Waals surface area contributed by atoms with Gasteiger partial charge in [-0.3, -0.25) is 4.79 Å². The van der Waals surface area contributed by atoms with Crippen molar-refractivity contribution in [3.8, 4) is 0 Å². The SMILES string of the molecule is Cc1ccc(Cc2nc(C(=O)N3CC4CCC(N)C4C3)cs2)cc1.Cl. The number of carbonyl (C=O) groups excluding carboxylic acids is 1. The molecule has 1 aliphatic heterocycles. The summed E-state index contributed by atoms with van der Waals surface area (Å²) < 4.78 is 0. The van der Waals surface area contributed by atoms with E-state index in [-0.39, 0.29) is 24.4 Å². The van der Waals surface area contributed by atoms with Crippen molar-refractivity contribution in [2.24, 2.45) is 17.6 Å². The number of nitrogens with zero attached hydrogens (tertiary/aromatic N) is 2. The second kappa shape index (κ2) is 7.44. The van der Waals surface area contributed by atoms with Crippen molar-refractivity contribution in [2.45, 2.75) is 32.2 Å². The number of amides is 1. The van der Waals surface area contributed by atoms with Gasteiger partial charge in [0.1, 0.15) is 5.69 Å². The van der Waals surface area contributed by atoms with Crippen LogP contribution >= 0.6 is 23.7 Å². The Hall–Kier alpha value is -1.43. The molecule has 0 spiro atoms. The van der Waals surface area contributed by atoms with E-state index in [1.165, 1.54) is 11.1 Å². The van der Waals surface area contributed by atoms with E-state index in [2.05, 4.69) is 36.2 Å². The smallest absolute Gasteiger partial charge is 0.273 e. The lowest BCUT2D eigenvalue weighted by Gasteiger charge is -2.17. The predicted octanol–water partition coefficient (Wildman–Crippen LogP) is 3.27. The van der Waals surface area contributed by atoms with Crippen molar-refractivity contribution in [1.82, 2.24) is 9.88 Å². The lowest BCUT2D eigenvalue weighted by Crippen LogP contribution is -2.33. The molecule has 25 heavy (non-hydrogen) atoms. The van der Waals surface area contributed by atoms with Gasteiger partial charge in [0.15, 0.2) is 0 Å². The van der Waals surface area contributed by atoms with Crippen LogP contribution in [0.5, 0.6) is 0 Å². The first kappa shape index (κ1) is 18.4. The number of hydrogen-bond acceptors (Lipinski definition) is 4. The third-order valence-corrected chi connectivity index (χ3v) is 6.30. The zero-order chi connectivity index (χ0) is 16.7. The third kappa shape index (κ3) is 3.73. The van der Waals surface area contributed by atoms with E-state index in [9.17, 15) is 4.79 Å². The summed E-state index contributed by atoms with van der Waals surface area (Å²) in [5.74, 6) is 1.15. The molecular weight excluding hydrogens is 354 g/mol. The first-order valence-corrected chi connectivity index (χ1v) is 9.53. The highest BCUT2D eigenvalue weighted by Crippen LogP contribution is 2.37.